The average molecular weight is 153 g/mol. The van der Waals surface area contributed by atoms with Gasteiger partial charge in [0.25, 0.3) is 0 Å². The standard InChI is InChI=1S/C6H13ClO2/c1-4-8-6(3)9-5(2)7/h5-6H,4H2,1-3H3. The molecule has 0 aromatic carbocycles. The monoisotopic (exact) mass is 152 g/mol. The van der Waals surface area contributed by atoms with Gasteiger partial charge in [0.05, 0.1) is 0 Å². The Bertz CT molecular complexity index is 66.1. The lowest BCUT2D eigenvalue weighted by Gasteiger charge is -2.13. The highest BCUT2D eigenvalue weighted by Gasteiger charge is 2.02. The van der Waals surface area contributed by atoms with Crippen LogP contribution in [0.3, 0.4) is 0 Å². The number of hydrogen-bond acceptors (Lipinski definition) is 2. The van der Waals surface area contributed by atoms with Crippen LogP contribution in [-0.2, 0) is 9.47 Å². The minimum absolute atomic E-state index is 0.192. The molecule has 0 N–H and O–H groups in total. The van der Waals surface area contributed by atoms with Crippen LogP contribution >= 0.6 is 11.6 Å². The maximum Gasteiger partial charge on any atom is 0.156 e. The van der Waals surface area contributed by atoms with Gasteiger partial charge in [0.1, 0.15) is 5.56 Å². The number of ether oxygens (including phenoxy) is 2. The maximum atomic E-state index is 5.51. The molecule has 0 aromatic heterocycles. The first-order valence-electron chi connectivity index (χ1n) is 3.08. The van der Waals surface area contributed by atoms with E-state index in [0.29, 0.717) is 6.61 Å². The topological polar surface area (TPSA) is 18.5 Å². The van der Waals surface area contributed by atoms with Crippen LogP contribution in [0.5, 0.6) is 0 Å². The van der Waals surface area contributed by atoms with Gasteiger partial charge in [0.15, 0.2) is 6.29 Å². The van der Waals surface area contributed by atoms with E-state index in [9.17, 15) is 0 Å². The van der Waals surface area contributed by atoms with Gasteiger partial charge in [0.2, 0.25) is 0 Å². The van der Waals surface area contributed by atoms with E-state index in [4.69, 9.17) is 21.1 Å². The first-order chi connectivity index (χ1) is 4.16. The summed E-state index contributed by atoms with van der Waals surface area (Å²) in [4.78, 5) is 0. The molecule has 2 unspecified atom stereocenters. The summed E-state index contributed by atoms with van der Waals surface area (Å²) in [6.45, 7) is 6.16. The molecule has 9 heavy (non-hydrogen) atoms. The van der Waals surface area contributed by atoms with Gasteiger partial charge in [-0.25, -0.2) is 0 Å². The van der Waals surface area contributed by atoms with Crippen molar-refractivity contribution < 1.29 is 9.47 Å². The van der Waals surface area contributed by atoms with Crippen molar-refractivity contribution >= 4 is 11.6 Å². The molecule has 0 aliphatic carbocycles. The highest BCUT2D eigenvalue weighted by atomic mass is 35.5. The SMILES string of the molecule is CCOC(C)OC(C)Cl. The van der Waals surface area contributed by atoms with Crippen molar-refractivity contribution in [1.82, 2.24) is 0 Å². The van der Waals surface area contributed by atoms with Gasteiger partial charge < -0.3 is 9.47 Å². The van der Waals surface area contributed by atoms with E-state index in [1.54, 1.807) is 6.92 Å². The number of alkyl halides is 1. The van der Waals surface area contributed by atoms with E-state index in [1.807, 2.05) is 13.8 Å². The van der Waals surface area contributed by atoms with Crippen molar-refractivity contribution in [2.24, 2.45) is 0 Å². The summed E-state index contributed by atoms with van der Waals surface area (Å²) < 4.78 is 10.1. The summed E-state index contributed by atoms with van der Waals surface area (Å²) in [5.41, 5.74) is -0.272. The molecule has 0 saturated carbocycles. The lowest BCUT2D eigenvalue weighted by molar-refractivity contribution is -0.133. The van der Waals surface area contributed by atoms with Crippen LogP contribution < -0.4 is 0 Å². The van der Waals surface area contributed by atoms with Crippen molar-refractivity contribution in [3.05, 3.63) is 0 Å². The third-order valence-corrected chi connectivity index (χ3v) is 0.883. The van der Waals surface area contributed by atoms with Crippen LogP contribution in [0.2, 0.25) is 0 Å². The predicted octanol–water partition coefficient (Wildman–Crippen LogP) is 1.97. The van der Waals surface area contributed by atoms with Crippen LogP contribution in [0.25, 0.3) is 0 Å². The molecule has 0 radical (unpaired) electrons. The van der Waals surface area contributed by atoms with E-state index < -0.39 is 0 Å². The molecular formula is C6H13ClO2. The Hall–Kier alpha value is 0.210. The molecule has 0 aliphatic heterocycles. The quantitative estimate of drug-likeness (QED) is 0.453. The van der Waals surface area contributed by atoms with Crippen molar-refractivity contribution in [1.29, 1.82) is 0 Å². The summed E-state index contributed by atoms with van der Waals surface area (Å²) >= 11 is 5.51. The minimum atomic E-state index is -0.272. The number of hydrogen-bond donors (Lipinski definition) is 0. The predicted molar refractivity (Wildman–Crippen MR) is 37.5 cm³/mol. The van der Waals surface area contributed by atoms with E-state index >= 15 is 0 Å². The van der Waals surface area contributed by atoms with Gasteiger partial charge in [-0.2, -0.15) is 0 Å². The van der Waals surface area contributed by atoms with Gasteiger partial charge in [-0.15, -0.1) is 0 Å². The fourth-order valence-corrected chi connectivity index (χ4v) is 0.683. The molecular weight excluding hydrogens is 140 g/mol. The Labute approximate surface area is 61.1 Å². The van der Waals surface area contributed by atoms with Gasteiger partial charge in [0, 0.05) is 6.61 Å². The smallest absolute Gasteiger partial charge is 0.156 e. The van der Waals surface area contributed by atoms with E-state index in [0.717, 1.165) is 0 Å². The molecule has 0 saturated heterocycles. The Morgan fingerprint density at radius 3 is 2.33 bits per heavy atom. The molecule has 2 nitrogen and oxygen atoms in total. The van der Waals surface area contributed by atoms with E-state index in [2.05, 4.69) is 0 Å². The van der Waals surface area contributed by atoms with Crippen molar-refractivity contribution in [3.8, 4) is 0 Å². The van der Waals surface area contributed by atoms with Gasteiger partial charge in [-0.3, -0.25) is 0 Å². The van der Waals surface area contributed by atoms with Crippen molar-refractivity contribution in [2.45, 2.75) is 32.6 Å². The molecule has 0 rings (SSSR count). The Morgan fingerprint density at radius 2 is 2.00 bits per heavy atom. The van der Waals surface area contributed by atoms with E-state index in [1.165, 1.54) is 0 Å². The molecule has 56 valence electrons. The second-order valence-corrected chi connectivity index (χ2v) is 2.32. The molecule has 0 bridgehead atoms. The molecule has 2 atom stereocenters. The van der Waals surface area contributed by atoms with E-state index in [-0.39, 0.29) is 11.9 Å². The molecule has 0 aliphatic rings. The second kappa shape index (κ2) is 5.03. The molecule has 0 spiro atoms. The summed E-state index contributed by atoms with van der Waals surface area (Å²) in [6.07, 6.45) is -0.192. The minimum Gasteiger partial charge on any atom is -0.353 e. The van der Waals surface area contributed by atoms with Crippen molar-refractivity contribution in [3.63, 3.8) is 0 Å². The summed E-state index contributed by atoms with van der Waals surface area (Å²) in [6, 6.07) is 0. The van der Waals surface area contributed by atoms with Crippen LogP contribution in [0.1, 0.15) is 20.8 Å². The fraction of sp³-hybridized carbons (Fsp3) is 1.00. The second-order valence-electron chi connectivity index (χ2n) is 1.70. The average Bonchev–Trinajstić information content (AvgIpc) is 1.63. The highest BCUT2D eigenvalue weighted by molar-refractivity contribution is 6.19. The Morgan fingerprint density at radius 1 is 1.44 bits per heavy atom. The third kappa shape index (κ3) is 6.09. The first-order valence-corrected chi connectivity index (χ1v) is 3.51. The van der Waals surface area contributed by atoms with Crippen molar-refractivity contribution in [2.75, 3.05) is 6.61 Å². The van der Waals surface area contributed by atoms with Crippen LogP contribution in [0.4, 0.5) is 0 Å². The third-order valence-electron chi connectivity index (χ3n) is 0.781. The zero-order chi connectivity index (χ0) is 7.28. The summed E-state index contributed by atoms with van der Waals surface area (Å²) in [5.74, 6) is 0. The van der Waals surface area contributed by atoms with Crippen LogP contribution in [-0.4, -0.2) is 18.5 Å². The van der Waals surface area contributed by atoms with Gasteiger partial charge in [-0.05, 0) is 20.8 Å². The highest BCUT2D eigenvalue weighted by Crippen LogP contribution is 2.02. The summed E-state index contributed by atoms with van der Waals surface area (Å²) in [7, 11) is 0. The molecule has 3 heteroatoms. The van der Waals surface area contributed by atoms with Crippen LogP contribution in [0.15, 0.2) is 0 Å². The zero-order valence-corrected chi connectivity index (χ0v) is 6.81. The Balaban J connectivity index is 3.15. The fourth-order valence-electron chi connectivity index (χ4n) is 0.538. The molecule has 0 heterocycles. The Kier molecular flexibility index (Phi) is 5.15. The van der Waals surface area contributed by atoms with Crippen LogP contribution in [0, 0.1) is 0 Å². The molecule has 0 amide bonds. The lowest BCUT2D eigenvalue weighted by Crippen LogP contribution is -2.15. The first kappa shape index (κ1) is 9.21. The normalized spacial score (nSPS) is 17.3. The number of halogens is 1. The number of rotatable bonds is 4. The molecule has 0 fully saturated rings. The lowest BCUT2D eigenvalue weighted by atomic mass is 10.7. The maximum absolute atomic E-state index is 5.51. The van der Waals surface area contributed by atoms with Gasteiger partial charge >= 0.3 is 0 Å². The molecule has 0 aromatic rings. The van der Waals surface area contributed by atoms with Gasteiger partial charge in [-0.1, -0.05) is 11.6 Å². The zero-order valence-electron chi connectivity index (χ0n) is 6.06. The largest absolute Gasteiger partial charge is 0.353 e. The summed E-state index contributed by atoms with van der Waals surface area (Å²) in [5, 5.41) is 0.